The lowest BCUT2D eigenvalue weighted by Crippen LogP contribution is -2.37. The summed E-state index contributed by atoms with van der Waals surface area (Å²) < 4.78 is 15.3. The van der Waals surface area contributed by atoms with Gasteiger partial charge < -0.3 is 19.9 Å². The third-order valence-electron chi connectivity index (χ3n) is 10.6. The van der Waals surface area contributed by atoms with Crippen LogP contribution in [0.1, 0.15) is 156 Å². The SMILES string of the molecule is CCCCn1c(=O)c(C(=O)NCCCN2CCCC2=O)c(CCCCCCCC/C=C\CCCCCCCC(=O)O)c2ncc(Cc3ccc(F)cc3)cc21. The minimum atomic E-state index is -0.706. The lowest BCUT2D eigenvalue weighted by Gasteiger charge is -2.19. The second kappa shape index (κ2) is 24.2. The first-order valence-electron chi connectivity index (χ1n) is 21.0. The number of carbonyl (C=O) groups is 3. The number of aryl methyl sites for hydroxylation is 2. The van der Waals surface area contributed by atoms with Gasteiger partial charge >= 0.3 is 5.97 Å². The number of hydrogen-bond acceptors (Lipinski definition) is 5. The first-order chi connectivity index (χ1) is 26.8. The first kappa shape index (κ1) is 43.4. The van der Waals surface area contributed by atoms with E-state index in [1.54, 1.807) is 16.7 Å². The van der Waals surface area contributed by atoms with Gasteiger partial charge in [-0.2, -0.15) is 0 Å². The highest BCUT2D eigenvalue weighted by Gasteiger charge is 2.24. The van der Waals surface area contributed by atoms with E-state index in [4.69, 9.17) is 10.1 Å². The van der Waals surface area contributed by atoms with Crippen molar-refractivity contribution >= 4 is 28.8 Å². The summed E-state index contributed by atoms with van der Waals surface area (Å²) in [6.45, 7) is 4.30. The van der Waals surface area contributed by atoms with Gasteiger partial charge in [0.05, 0.1) is 11.0 Å². The smallest absolute Gasteiger partial charge is 0.303 e. The zero-order chi connectivity index (χ0) is 39.3. The van der Waals surface area contributed by atoms with Gasteiger partial charge in [0.1, 0.15) is 11.4 Å². The van der Waals surface area contributed by atoms with Crippen LogP contribution in [-0.2, 0) is 29.0 Å². The average molecular weight is 759 g/mol. The fraction of sp³-hybridized carbons (Fsp3) is 0.578. The van der Waals surface area contributed by atoms with Crippen molar-refractivity contribution < 1.29 is 23.9 Å². The Morgan fingerprint density at radius 1 is 0.855 bits per heavy atom. The number of hydrogen-bond donors (Lipinski definition) is 2. The van der Waals surface area contributed by atoms with Crippen LogP contribution in [0.25, 0.3) is 11.0 Å². The molecule has 300 valence electrons. The number of halogens is 1. The van der Waals surface area contributed by atoms with Gasteiger partial charge in [0.25, 0.3) is 11.5 Å². The van der Waals surface area contributed by atoms with E-state index in [2.05, 4.69) is 24.4 Å². The molecule has 1 aromatic carbocycles. The summed E-state index contributed by atoms with van der Waals surface area (Å²) in [5, 5.41) is 11.7. The number of aliphatic carboxylic acids is 1. The molecule has 10 heteroatoms. The van der Waals surface area contributed by atoms with Crippen LogP contribution in [0.4, 0.5) is 4.39 Å². The van der Waals surface area contributed by atoms with Crippen molar-refractivity contribution in [1.82, 2.24) is 19.8 Å². The third-order valence-corrected chi connectivity index (χ3v) is 10.6. The maximum absolute atomic E-state index is 14.3. The fourth-order valence-electron chi connectivity index (χ4n) is 7.45. The molecule has 9 nitrogen and oxygen atoms in total. The predicted octanol–water partition coefficient (Wildman–Crippen LogP) is 9.31. The summed E-state index contributed by atoms with van der Waals surface area (Å²) in [5.41, 5.74) is 3.91. The van der Waals surface area contributed by atoms with Crippen molar-refractivity contribution in [2.75, 3.05) is 19.6 Å². The van der Waals surface area contributed by atoms with Crippen molar-refractivity contribution in [3.63, 3.8) is 0 Å². The Morgan fingerprint density at radius 3 is 2.18 bits per heavy atom. The summed E-state index contributed by atoms with van der Waals surface area (Å²) in [5.74, 6) is -1.20. The normalized spacial score (nSPS) is 13.1. The molecule has 1 fully saturated rings. The number of nitrogens with one attached hydrogen (secondary N) is 1. The van der Waals surface area contributed by atoms with E-state index in [1.165, 1.54) is 18.6 Å². The molecule has 0 radical (unpaired) electrons. The highest BCUT2D eigenvalue weighted by Crippen LogP contribution is 2.24. The minimum absolute atomic E-state index is 0.162. The number of nitrogens with zero attached hydrogens (tertiary/aromatic N) is 3. The van der Waals surface area contributed by atoms with Gasteiger partial charge in [-0.05, 0) is 106 Å². The van der Waals surface area contributed by atoms with Crippen molar-refractivity contribution in [2.45, 2.75) is 148 Å². The van der Waals surface area contributed by atoms with Gasteiger partial charge in [0.15, 0.2) is 0 Å². The minimum Gasteiger partial charge on any atom is -0.481 e. The standard InChI is InChI=1S/C45H63FN4O5/c1-2-3-31-50-39-33-36(32-35-24-26-37(46)27-25-35)34-48-43(39)38(42(45(50)55)44(54)47-28-20-30-49-29-19-22-40(49)51)21-17-15-13-11-9-7-5-4-6-8-10-12-14-16-18-23-41(52)53/h4,6,24-27,33-34H,2-3,5,7-23,28-32H2,1H3,(H,47,54)(H,52,53)/b6-4-. The third kappa shape index (κ3) is 14.7. The molecule has 4 rings (SSSR count). The van der Waals surface area contributed by atoms with Crippen LogP contribution >= 0.6 is 0 Å². The lowest BCUT2D eigenvalue weighted by atomic mass is 9.97. The summed E-state index contributed by atoms with van der Waals surface area (Å²) in [6, 6.07) is 8.44. The van der Waals surface area contributed by atoms with Crippen LogP contribution in [0.3, 0.4) is 0 Å². The van der Waals surface area contributed by atoms with E-state index >= 15 is 0 Å². The predicted molar refractivity (Wildman–Crippen MR) is 218 cm³/mol. The zero-order valence-electron chi connectivity index (χ0n) is 33.1. The van der Waals surface area contributed by atoms with Crippen LogP contribution in [-0.4, -0.2) is 57.0 Å². The van der Waals surface area contributed by atoms with E-state index < -0.39 is 5.97 Å². The summed E-state index contributed by atoms with van der Waals surface area (Å²) in [6.07, 6.45) is 25.3. The number of likely N-dealkylation sites (tertiary alicyclic amines) is 1. The Bertz CT molecular complexity index is 1750. The topological polar surface area (TPSA) is 122 Å². The van der Waals surface area contributed by atoms with Crippen LogP contribution in [0, 0.1) is 5.82 Å². The van der Waals surface area contributed by atoms with Gasteiger partial charge in [-0.15, -0.1) is 0 Å². The molecule has 0 aliphatic carbocycles. The molecule has 2 amide bonds. The van der Waals surface area contributed by atoms with E-state index in [0.717, 1.165) is 120 Å². The van der Waals surface area contributed by atoms with E-state index in [9.17, 15) is 23.6 Å². The molecule has 0 unspecified atom stereocenters. The molecular formula is C45H63FN4O5. The van der Waals surface area contributed by atoms with Crippen molar-refractivity contribution in [3.05, 3.63) is 87.1 Å². The molecule has 0 atom stereocenters. The molecule has 0 spiro atoms. The number of fused-ring (bicyclic) bond motifs is 1. The monoisotopic (exact) mass is 758 g/mol. The Labute approximate surface area is 326 Å². The number of aromatic nitrogens is 2. The second-order valence-electron chi connectivity index (χ2n) is 15.1. The van der Waals surface area contributed by atoms with E-state index in [-0.39, 0.29) is 35.2 Å². The van der Waals surface area contributed by atoms with Crippen molar-refractivity contribution in [3.8, 4) is 0 Å². The van der Waals surface area contributed by atoms with Crippen LogP contribution in [0.5, 0.6) is 0 Å². The molecule has 2 aromatic heterocycles. The maximum Gasteiger partial charge on any atom is 0.303 e. The molecule has 55 heavy (non-hydrogen) atoms. The Hall–Kier alpha value is -4.34. The van der Waals surface area contributed by atoms with Gasteiger partial charge in [0, 0.05) is 45.2 Å². The quantitative estimate of drug-likeness (QED) is 0.0591. The molecule has 1 aliphatic rings. The second-order valence-corrected chi connectivity index (χ2v) is 15.1. The number of rotatable bonds is 27. The van der Waals surface area contributed by atoms with Gasteiger partial charge in [-0.25, -0.2) is 4.39 Å². The van der Waals surface area contributed by atoms with Crippen molar-refractivity contribution in [1.29, 1.82) is 0 Å². The van der Waals surface area contributed by atoms with Gasteiger partial charge in [-0.3, -0.25) is 24.2 Å². The molecule has 0 saturated carbocycles. The van der Waals surface area contributed by atoms with E-state index in [0.29, 0.717) is 56.4 Å². The van der Waals surface area contributed by atoms with Crippen molar-refractivity contribution in [2.24, 2.45) is 0 Å². The number of unbranched alkanes of at least 4 members (excludes halogenated alkanes) is 12. The number of pyridine rings is 2. The number of amides is 2. The number of carboxylic acid groups (broad SMARTS) is 1. The number of allylic oxidation sites excluding steroid dienone is 2. The molecule has 2 N–H and O–H groups in total. The maximum atomic E-state index is 14.3. The zero-order valence-corrected chi connectivity index (χ0v) is 33.1. The van der Waals surface area contributed by atoms with Gasteiger partial charge in [0.2, 0.25) is 5.91 Å². The molecule has 1 saturated heterocycles. The molecule has 1 aliphatic heterocycles. The highest BCUT2D eigenvalue weighted by molar-refractivity contribution is 5.99. The first-order valence-corrected chi connectivity index (χ1v) is 21.0. The Kier molecular flexibility index (Phi) is 19.1. The number of benzene rings is 1. The van der Waals surface area contributed by atoms with Gasteiger partial charge in [-0.1, -0.05) is 82.6 Å². The summed E-state index contributed by atoms with van der Waals surface area (Å²) in [7, 11) is 0. The molecule has 3 aromatic rings. The summed E-state index contributed by atoms with van der Waals surface area (Å²) >= 11 is 0. The van der Waals surface area contributed by atoms with E-state index in [1.807, 2.05) is 17.2 Å². The largest absolute Gasteiger partial charge is 0.481 e. The lowest BCUT2D eigenvalue weighted by molar-refractivity contribution is -0.137. The molecule has 0 bridgehead atoms. The Balaban J connectivity index is 1.37. The highest BCUT2D eigenvalue weighted by atomic mass is 19.1. The number of carboxylic acids is 1. The number of carbonyl (C=O) groups excluding carboxylic acids is 2. The molecular weight excluding hydrogens is 696 g/mol. The Morgan fingerprint density at radius 2 is 1.53 bits per heavy atom. The molecule has 3 heterocycles. The summed E-state index contributed by atoms with van der Waals surface area (Å²) in [4.78, 5) is 57.6. The fourth-order valence-corrected chi connectivity index (χ4v) is 7.45. The van der Waals surface area contributed by atoms with Crippen LogP contribution in [0.2, 0.25) is 0 Å². The average Bonchev–Trinajstić information content (AvgIpc) is 3.58. The van der Waals surface area contributed by atoms with Crippen LogP contribution in [0.15, 0.2) is 53.5 Å². The van der Waals surface area contributed by atoms with Crippen LogP contribution < -0.4 is 10.9 Å².